The van der Waals surface area contributed by atoms with Crippen LogP contribution in [0, 0.1) is 5.92 Å². The molecule has 104 valence electrons. The topological polar surface area (TPSA) is 95.2 Å². The number of nitrogens with two attached hydrogens (primary N) is 1. The van der Waals surface area contributed by atoms with Crippen molar-refractivity contribution in [2.24, 2.45) is 5.92 Å². The van der Waals surface area contributed by atoms with Crippen molar-refractivity contribution in [3.63, 3.8) is 0 Å². The molecule has 6 nitrogen and oxygen atoms in total. The van der Waals surface area contributed by atoms with Gasteiger partial charge in [0.1, 0.15) is 5.69 Å². The van der Waals surface area contributed by atoms with E-state index < -0.39 is 5.60 Å². The molecule has 3 rings (SSSR count). The Kier molecular flexibility index (Phi) is 2.97. The molecule has 1 saturated carbocycles. The SMILES string of the molecule is Nc1c(N2CCC3(O)CCCCC3C2)nc[nH]c1=O. The Morgan fingerprint density at radius 2 is 2.32 bits per heavy atom. The highest BCUT2D eigenvalue weighted by atomic mass is 16.3. The van der Waals surface area contributed by atoms with Crippen molar-refractivity contribution >= 4 is 11.5 Å². The van der Waals surface area contributed by atoms with Gasteiger partial charge in [-0.15, -0.1) is 0 Å². The number of piperidine rings is 1. The molecule has 2 unspecified atom stereocenters. The predicted octanol–water partition coefficient (Wildman–Crippen LogP) is 0.484. The number of aromatic amines is 1. The van der Waals surface area contributed by atoms with Crippen molar-refractivity contribution < 1.29 is 5.11 Å². The van der Waals surface area contributed by atoms with Gasteiger partial charge in [-0.05, 0) is 19.3 Å². The summed E-state index contributed by atoms with van der Waals surface area (Å²) in [5.74, 6) is 0.812. The molecule has 2 fully saturated rings. The lowest BCUT2D eigenvalue weighted by Gasteiger charge is -2.47. The first kappa shape index (κ1) is 12.5. The van der Waals surface area contributed by atoms with E-state index in [2.05, 4.69) is 9.97 Å². The van der Waals surface area contributed by atoms with Crippen LogP contribution in [0.4, 0.5) is 11.5 Å². The van der Waals surface area contributed by atoms with E-state index in [0.717, 1.165) is 32.2 Å². The first-order valence-corrected chi connectivity index (χ1v) is 6.91. The summed E-state index contributed by atoms with van der Waals surface area (Å²) in [5.41, 5.74) is 5.15. The van der Waals surface area contributed by atoms with E-state index in [1.807, 2.05) is 4.90 Å². The van der Waals surface area contributed by atoms with Crippen LogP contribution in [0.15, 0.2) is 11.1 Å². The van der Waals surface area contributed by atoms with E-state index in [4.69, 9.17) is 5.73 Å². The first-order chi connectivity index (χ1) is 9.10. The quantitative estimate of drug-likeness (QED) is 0.686. The summed E-state index contributed by atoms with van der Waals surface area (Å²) in [6, 6.07) is 0. The molecule has 0 radical (unpaired) electrons. The first-order valence-electron chi connectivity index (χ1n) is 6.91. The number of rotatable bonds is 1. The fraction of sp³-hybridized carbons (Fsp3) is 0.692. The van der Waals surface area contributed by atoms with Gasteiger partial charge in [-0.25, -0.2) is 4.98 Å². The molecule has 0 bridgehead atoms. The third-order valence-electron chi connectivity index (χ3n) is 4.60. The largest absolute Gasteiger partial charge is 0.391 e. The van der Waals surface area contributed by atoms with Crippen LogP contribution in [0.25, 0.3) is 0 Å². The van der Waals surface area contributed by atoms with Crippen molar-refractivity contribution in [1.82, 2.24) is 9.97 Å². The molecule has 1 aliphatic heterocycles. The Hall–Kier alpha value is -1.56. The van der Waals surface area contributed by atoms with E-state index in [-0.39, 0.29) is 17.2 Å². The third kappa shape index (κ3) is 2.10. The lowest BCUT2D eigenvalue weighted by atomic mass is 9.71. The van der Waals surface area contributed by atoms with Crippen LogP contribution in [0.1, 0.15) is 32.1 Å². The van der Waals surface area contributed by atoms with Crippen LogP contribution in [-0.2, 0) is 0 Å². The molecule has 1 saturated heterocycles. The minimum absolute atomic E-state index is 0.170. The van der Waals surface area contributed by atoms with E-state index in [0.29, 0.717) is 12.4 Å². The Morgan fingerprint density at radius 1 is 1.47 bits per heavy atom. The second kappa shape index (κ2) is 4.52. The van der Waals surface area contributed by atoms with Crippen LogP contribution < -0.4 is 16.2 Å². The van der Waals surface area contributed by atoms with Crippen LogP contribution in [0.5, 0.6) is 0 Å². The van der Waals surface area contributed by atoms with Gasteiger partial charge in [0.2, 0.25) is 0 Å². The number of aromatic nitrogens is 2. The van der Waals surface area contributed by atoms with E-state index in [9.17, 15) is 9.90 Å². The smallest absolute Gasteiger partial charge is 0.276 e. The maximum Gasteiger partial charge on any atom is 0.276 e. The minimum atomic E-state index is -0.523. The van der Waals surface area contributed by atoms with Gasteiger partial charge in [-0.1, -0.05) is 12.8 Å². The summed E-state index contributed by atoms with van der Waals surface area (Å²) in [6.07, 6.45) is 6.32. The van der Waals surface area contributed by atoms with Gasteiger partial charge >= 0.3 is 0 Å². The lowest BCUT2D eigenvalue weighted by Crippen LogP contribution is -2.53. The Balaban J connectivity index is 1.85. The maximum atomic E-state index is 11.5. The minimum Gasteiger partial charge on any atom is -0.391 e. The van der Waals surface area contributed by atoms with Crippen molar-refractivity contribution in [2.45, 2.75) is 37.7 Å². The number of nitrogens with one attached hydrogen (secondary N) is 1. The zero-order valence-corrected chi connectivity index (χ0v) is 10.9. The Morgan fingerprint density at radius 3 is 3.16 bits per heavy atom. The lowest BCUT2D eigenvalue weighted by molar-refractivity contribution is -0.0613. The molecule has 19 heavy (non-hydrogen) atoms. The monoisotopic (exact) mass is 264 g/mol. The zero-order chi connectivity index (χ0) is 13.5. The molecular weight excluding hydrogens is 244 g/mol. The summed E-state index contributed by atoms with van der Waals surface area (Å²) >= 11 is 0. The summed E-state index contributed by atoms with van der Waals surface area (Å²) in [6.45, 7) is 1.44. The third-order valence-corrected chi connectivity index (χ3v) is 4.60. The Labute approximate surface area is 111 Å². The van der Waals surface area contributed by atoms with Crippen LogP contribution >= 0.6 is 0 Å². The number of fused-ring (bicyclic) bond motifs is 1. The van der Waals surface area contributed by atoms with Crippen LogP contribution in [-0.4, -0.2) is 33.8 Å². The molecular formula is C13H20N4O2. The van der Waals surface area contributed by atoms with Gasteiger partial charge in [0.05, 0.1) is 11.9 Å². The normalized spacial score (nSPS) is 31.0. The highest BCUT2D eigenvalue weighted by Gasteiger charge is 2.43. The zero-order valence-electron chi connectivity index (χ0n) is 10.9. The summed E-state index contributed by atoms with van der Waals surface area (Å²) in [5, 5.41) is 10.6. The van der Waals surface area contributed by atoms with Crippen LogP contribution in [0.3, 0.4) is 0 Å². The van der Waals surface area contributed by atoms with Gasteiger partial charge in [0, 0.05) is 19.0 Å². The number of hydrogen-bond donors (Lipinski definition) is 3. The fourth-order valence-electron chi connectivity index (χ4n) is 3.42. The molecule has 0 spiro atoms. The number of H-pyrrole nitrogens is 1. The van der Waals surface area contributed by atoms with Gasteiger partial charge < -0.3 is 20.7 Å². The molecule has 2 heterocycles. The predicted molar refractivity (Wildman–Crippen MR) is 73.0 cm³/mol. The van der Waals surface area contributed by atoms with Crippen molar-refractivity contribution in [1.29, 1.82) is 0 Å². The number of aliphatic hydroxyl groups is 1. The summed E-state index contributed by atoms with van der Waals surface area (Å²) < 4.78 is 0. The van der Waals surface area contributed by atoms with Crippen LogP contribution in [0.2, 0.25) is 0 Å². The average Bonchev–Trinajstić information content (AvgIpc) is 2.41. The van der Waals surface area contributed by atoms with E-state index in [1.165, 1.54) is 12.7 Å². The molecule has 1 aromatic rings. The molecule has 0 aromatic carbocycles. The molecule has 2 aliphatic rings. The Bertz CT molecular complexity index is 530. The van der Waals surface area contributed by atoms with Crippen molar-refractivity contribution in [3.8, 4) is 0 Å². The molecule has 1 aromatic heterocycles. The second-order valence-electron chi connectivity index (χ2n) is 5.71. The fourth-order valence-corrected chi connectivity index (χ4v) is 3.42. The molecule has 6 heteroatoms. The van der Waals surface area contributed by atoms with Gasteiger partial charge in [0.15, 0.2) is 5.82 Å². The molecule has 0 amide bonds. The van der Waals surface area contributed by atoms with Crippen molar-refractivity contribution in [2.75, 3.05) is 23.7 Å². The number of anilines is 2. The highest BCUT2D eigenvalue weighted by Crippen LogP contribution is 2.40. The number of nitrogen functional groups attached to an aromatic ring is 1. The standard InChI is InChI=1S/C13H20N4O2/c14-10-11(15-8-16-12(10)18)17-6-5-13(19)4-2-1-3-9(13)7-17/h8-9,19H,1-7,14H2,(H,15,16,18). The molecule has 1 aliphatic carbocycles. The highest BCUT2D eigenvalue weighted by molar-refractivity contribution is 5.61. The number of nitrogens with zero attached hydrogens (tertiary/aromatic N) is 2. The van der Waals surface area contributed by atoms with E-state index in [1.54, 1.807) is 0 Å². The summed E-state index contributed by atoms with van der Waals surface area (Å²) in [7, 11) is 0. The molecule has 4 N–H and O–H groups in total. The summed E-state index contributed by atoms with van der Waals surface area (Å²) in [4.78, 5) is 20.2. The van der Waals surface area contributed by atoms with E-state index >= 15 is 0 Å². The van der Waals surface area contributed by atoms with Gasteiger partial charge in [0.25, 0.3) is 5.56 Å². The van der Waals surface area contributed by atoms with Gasteiger partial charge in [-0.3, -0.25) is 4.79 Å². The van der Waals surface area contributed by atoms with Gasteiger partial charge in [-0.2, -0.15) is 0 Å². The number of hydrogen-bond acceptors (Lipinski definition) is 5. The molecule has 2 atom stereocenters. The maximum absolute atomic E-state index is 11.5. The average molecular weight is 264 g/mol. The second-order valence-corrected chi connectivity index (χ2v) is 5.71. The van der Waals surface area contributed by atoms with Crippen molar-refractivity contribution in [3.05, 3.63) is 16.7 Å².